The number of likely N-dealkylation sites (N-methyl/N-ethyl adjacent to an activating group) is 1. The second kappa shape index (κ2) is 7.81. The van der Waals surface area contributed by atoms with Crippen molar-refractivity contribution in [2.24, 2.45) is 11.7 Å². The second-order valence-corrected chi connectivity index (χ2v) is 6.57. The minimum absolute atomic E-state index is 0.213. The number of ether oxygens (including phenoxy) is 1. The van der Waals surface area contributed by atoms with E-state index in [0.29, 0.717) is 0 Å². The maximum atomic E-state index is 6.12. The second-order valence-electron chi connectivity index (χ2n) is 6.57. The Balaban J connectivity index is 1.76. The summed E-state index contributed by atoms with van der Waals surface area (Å²) in [5, 5.41) is 0. The molecule has 1 aliphatic rings. The van der Waals surface area contributed by atoms with Crippen molar-refractivity contribution in [3.63, 3.8) is 0 Å². The average molecular weight is 290 g/mol. The lowest BCUT2D eigenvalue weighted by atomic mass is 9.75. The zero-order chi connectivity index (χ0) is 15.1. The summed E-state index contributed by atoms with van der Waals surface area (Å²) < 4.78 is 5.77. The van der Waals surface area contributed by atoms with Crippen molar-refractivity contribution in [2.45, 2.75) is 44.6 Å². The molecule has 118 valence electrons. The van der Waals surface area contributed by atoms with Crippen LogP contribution in [0.25, 0.3) is 0 Å². The number of para-hydroxylation sites is 1. The van der Waals surface area contributed by atoms with Crippen LogP contribution in [-0.4, -0.2) is 37.2 Å². The third-order valence-electron chi connectivity index (χ3n) is 4.91. The van der Waals surface area contributed by atoms with E-state index < -0.39 is 0 Å². The molecule has 0 bridgehead atoms. The molecule has 1 fully saturated rings. The van der Waals surface area contributed by atoms with E-state index in [-0.39, 0.29) is 5.54 Å². The third kappa shape index (κ3) is 4.45. The Kier molecular flexibility index (Phi) is 6.07. The molecule has 0 saturated heterocycles. The van der Waals surface area contributed by atoms with Crippen molar-refractivity contribution in [2.75, 3.05) is 26.7 Å². The van der Waals surface area contributed by atoms with Gasteiger partial charge in [0, 0.05) is 18.6 Å². The summed E-state index contributed by atoms with van der Waals surface area (Å²) in [7, 11) is 2.23. The monoisotopic (exact) mass is 290 g/mol. The zero-order valence-electron chi connectivity index (χ0n) is 13.6. The van der Waals surface area contributed by atoms with Crippen molar-refractivity contribution in [1.29, 1.82) is 0 Å². The number of nitrogens with zero attached hydrogens (tertiary/aromatic N) is 1. The lowest BCUT2D eigenvalue weighted by Gasteiger charge is -2.46. The molecule has 1 aliphatic carbocycles. The Bertz CT molecular complexity index is 409. The highest BCUT2D eigenvalue weighted by Gasteiger charge is 2.36. The summed E-state index contributed by atoms with van der Waals surface area (Å²) in [6.45, 7) is 4.95. The van der Waals surface area contributed by atoms with Gasteiger partial charge in [0.25, 0.3) is 0 Å². The van der Waals surface area contributed by atoms with Crippen LogP contribution >= 0.6 is 0 Å². The van der Waals surface area contributed by atoms with E-state index in [4.69, 9.17) is 10.5 Å². The maximum Gasteiger partial charge on any atom is 0.119 e. The van der Waals surface area contributed by atoms with Gasteiger partial charge in [-0.1, -0.05) is 38.0 Å². The smallest absolute Gasteiger partial charge is 0.119 e. The van der Waals surface area contributed by atoms with E-state index in [1.807, 2.05) is 30.3 Å². The van der Waals surface area contributed by atoms with Crippen LogP contribution in [0.15, 0.2) is 30.3 Å². The van der Waals surface area contributed by atoms with Gasteiger partial charge in [-0.25, -0.2) is 0 Å². The topological polar surface area (TPSA) is 38.5 Å². The van der Waals surface area contributed by atoms with Crippen molar-refractivity contribution in [3.8, 4) is 5.75 Å². The van der Waals surface area contributed by atoms with Crippen LogP contribution in [0, 0.1) is 5.92 Å². The highest BCUT2D eigenvalue weighted by molar-refractivity contribution is 5.20. The Hall–Kier alpha value is -1.06. The molecule has 0 radical (unpaired) electrons. The molecule has 0 amide bonds. The average Bonchev–Trinajstić information content (AvgIpc) is 2.52. The van der Waals surface area contributed by atoms with E-state index >= 15 is 0 Å². The van der Waals surface area contributed by atoms with E-state index in [1.54, 1.807) is 0 Å². The molecule has 0 aliphatic heterocycles. The van der Waals surface area contributed by atoms with Gasteiger partial charge in [-0.05, 0) is 44.4 Å². The SMILES string of the molecule is CC1CCCC(CN)(N(C)CCCOc2ccccc2)C1. The van der Waals surface area contributed by atoms with Crippen LogP contribution in [0.1, 0.15) is 39.0 Å². The van der Waals surface area contributed by atoms with Crippen LogP contribution in [0.2, 0.25) is 0 Å². The van der Waals surface area contributed by atoms with E-state index in [9.17, 15) is 0 Å². The fourth-order valence-corrected chi connectivity index (χ4v) is 3.57. The van der Waals surface area contributed by atoms with Gasteiger partial charge >= 0.3 is 0 Å². The minimum atomic E-state index is 0.213. The first kappa shape index (κ1) is 16.3. The molecule has 1 saturated carbocycles. The van der Waals surface area contributed by atoms with Gasteiger partial charge in [0.15, 0.2) is 0 Å². The number of benzene rings is 1. The van der Waals surface area contributed by atoms with E-state index in [2.05, 4.69) is 18.9 Å². The number of hydrogen-bond donors (Lipinski definition) is 1. The number of nitrogens with two attached hydrogens (primary N) is 1. The van der Waals surface area contributed by atoms with Crippen LogP contribution < -0.4 is 10.5 Å². The summed E-state index contributed by atoms with van der Waals surface area (Å²) in [5.74, 6) is 1.75. The van der Waals surface area contributed by atoms with E-state index in [1.165, 1.54) is 25.7 Å². The zero-order valence-corrected chi connectivity index (χ0v) is 13.6. The normalized spacial score (nSPS) is 26.0. The molecule has 3 heteroatoms. The Morgan fingerprint density at radius 3 is 2.76 bits per heavy atom. The fraction of sp³-hybridized carbons (Fsp3) is 0.667. The molecule has 2 unspecified atom stereocenters. The lowest BCUT2D eigenvalue weighted by molar-refractivity contribution is 0.0575. The summed E-state index contributed by atoms with van der Waals surface area (Å²) in [5.41, 5.74) is 6.34. The number of hydrogen-bond acceptors (Lipinski definition) is 3. The molecule has 2 N–H and O–H groups in total. The predicted octanol–water partition coefficient (Wildman–Crippen LogP) is 3.29. The Labute approximate surface area is 129 Å². The van der Waals surface area contributed by atoms with Gasteiger partial charge in [-0.15, -0.1) is 0 Å². The largest absolute Gasteiger partial charge is 0.494 e. The maximum absolute atomic E-state index is 6.12. The van der Waals surface area contributed by atoms with Crippen molar-refractivity contribution < 1.29 is 4.74 Å². The van der Waals surface area contributed by atoms with Gasteiger partial charge < -0.3 is 10.5 Å². The molecule has 3 nitrogen and oxygen atoms in total. The van der Waals surface area contributed by atoms with Crippen molar-refractivity contribution >= 4 is 0 Å². The molecular formula is C18H30N2O. The van der Waals surface area contributed by atoms with E-state index in [0.717, 1.165) is 37.8 Å². The van der Waals surface area contributed by atoms with Crippen molar-refractivity contribution in [1.82, 2.24) is 4.90 Å². The van der Waals surface area contributed by atoms with Gasteiger partial charge in [0.1, 0.15) is 5.75 Å². The number of rotatable bonds is 7. The highest BCUT2D eigenvalue weighted by atomic mass is 16.5. The summed E-state index contributed by atoms with van der Waals surface area (Å²) >= 11 is 0. The minimum Gasteiger partial charge on any atom is -0.494 e. The molecule has 21 heavy (non-hydrogen) atoms. The van der Waals surface area contributed by atoms with Gasteiger partial charge in [0.2, 0.25) is 0 Å². The fourth-order valence-electron chi connectivity index (χ4n) is 3.57. The molecule has 0 spiro atoms. The Morgan fingerprint density at radius 1 is 1.33 bits per heavy atom. The molecule has 2 rings (SSSR count). The standard InChI is InChI=1S/C18H30N2O/c1-16-8-6-11-18(14-16,15-19)20(2)12-7-13-21-17-9-4-3-5-10-17/h3-5,9-10,16H,6-8,11-15,19H2,1-2H3. The van der Waals surface area contributed by atoms with Crippen molar-refractivity contribution in [3.05, 3.63) is 30.3 Å². The summed E-state index contributed by atoms with van der Waals surface area (Å²) in [4.78, 5) is 2.48. The quantitative estimate of drug-likeness (QED) is 0.783. The van der Waals surface area contributed by atoms with Crippen LogP contribution in [-0.2, 0) is 0 Å². The first-order chi connectivity index (χ1) is 10.2. The molecule has 1 aromatic rings. The summed E-state index contributed by atoms with van der Waals surface area (Å²) in [6.07, 6.45) is 6.18. The third-order valence-corrected chi connectivity index (χ3v) is 4.91. The van der Waals surface area contributed by atoms with Crippen LogP contribution in [0.3, 0.4) is 0 Å². The summed E-state index contributed by atoms with van der Waals surface area (Å²) in [6, 6.07) is 10.0. The van der Waals surface area contributed by atoms with Gasteiger partial charge in [0.05, 0.1) is 6.61 Å². The van der Waals surface area contributed by atoms with Gasteiger partial charge in [-0.3, -0.25) is 4.90 Å². The molecular weight excluding hydrogens is 260 g/mol. The molecule has 0 aromatic heterocycles. The van der Waals surface area contributed by atoms with Gasteiger partial charge in [-0.2, -0.15) is 0 Å². The van der Waals surface area contributed by atoms with Crippen LogP contribution in [0.4, 0.5) is 0 Å². The molecule has 0 heterocycles. The highest BCUT2D eigenvalue weighted by Crippen LogP contribution is 2.35. The molecule has 1 aromatic carbocycles. The predicted molar refractivity (Wildman–Crippen MR) is 88.6 cm³/mol. The van der Waals surface area contributed by atoms with Crippen LogP contribution in [0.5, 0.6) is 5.75 Å². The first-order valence-electron chi connectivity index (χ1n) is 8.25. The lowest BCUT2D eigenvalue weighted by Crippen LogP contribution is -2.54. The Morgan fingerprint density at radius 2 is 2.10 bits per heavy atom. The first-order valence-corrected chi connectivity index (χ1v) is 8.25. The molecule has 2 atom stereocenters.